The first-order valence-corrected chi connectivity index (χ1v) is 5.89. The molecule has 1 aromatic carbocycles. The number of aromatic carboxylic acids is 1. The molecule has 0 bridgehead atoms. The van der Waals surface area contributed by atoms with Gasteiger partial charge in [-0.3, -0.25) is 19.5 Å². The summed E-state index contributed by atoms with van der Waals surface area (Å²) < 4.78 is 1.07. The van der Waals surface area contributed by atoms with Crippen LogP contribution in [0.25, 0.3) is 5.69 Å². The molecule has 0 aliphatic carbocycles. The third-order valence-electron chi connectivity index (χ3n) is 2.95. The van der Waals surface area contributed by atoms with Crippen molar-refractivity contribution in [2.75, 3.05) is 0 Å². The van der Waals surface area contributed by atoms with E-state index in [4.69, 9.17) is 0 Å². The SMILES string of the molecule is Cc1nc(C)n(-c2ccc([N+](=O)[O-])cc2)c(=O)c1C(=O)[O-].[Cu]. The van der Waals surface area contributed by atoms with E-state index in [0.29, 0.717) is 0 Å². The summed E-state index contributed by atoms with van der Waals surface area (Å²) in [5.74, 6) is -1.34. The quantitative estimate of drug-likeness (QED) is 0.440. The Bertz CT molecular complexity index is 799. The number of nitro groups is 1. The third kappa shape index (κ3) is 3.05. The summed E-state index contributed by atoms with van der Waals surface area (Å²) in [6, 6.07) is 5.14. The van der Waals surface area contributed by atoms with Crippen LogP contribution in [0.1, 0.15) is 21.9 Å². The number of rotatable bonds is 3. The van der Waals surface area contributed by atoms with Crippen molar-refractivity contribution < 1.29 is 31.9 Å². The van der Waals surface area contributed by atoms with Gasteiger partial charge in [-0.15, -0.1) is 0 Å². The summed E-state index contributed by atoms with van der Waals surface area (Å²) in [5, 5.41) is 21.6. The number of carbonyl (C=O) groups excluding carboxylic acids is 1. The molecule has 0 saturated carbocycles. The number of carboxylic acids is 1. The zero-order chi connectivity index (χ0) is 15.7. The Hall–Kier alpha value is -2.51. The summed E-state index contributed by atoms with van der Waals surface area (Å²) in [5.41, 5.74) is -1.09. The Labute approximate surface area is 135 Å². The maximum Gasteiger partial charge on any atom is 0.269 e. The first kappa shape index (κ1) is 17.5. The Morgan fingerprint density at radius 2 is 1.77 bits per heavy atom. The van der Waals surface area contributed by atoms with Crippen molar-refractivity contribution in [2.45, 2.75) is 13.8 Å². The maximum atomic E-state index is 12.2. The fourth-order valence-electron chi connectivity index (χ4n) is 2.02. The van der Waals surface area contributed by atoms with Crippen LogP contribution < -0.4 is 10.7 Å². The van der Waals surface area contributed by atoms with Crippen LogP contribution in [0.5, 0.6) is 0 Å². The smallest absolute Gasteiger partial charge is 0.269 e. The fourth-order valence-corrected chi connectivity index (χ4v) is 2.02. The topological polar surface area (TPSA) is 118 Å². The maximum absolute atomic E-state index is 12.2. The van der Waals surface area contributed by atoms with Gasteiger partial charge in [0.15, 0.2) is 0 Å². The van der Waals surface area contributed by atoms with Crippen LogP contribution >= 0.6 is 0 Å². The van der Waals surface area contributed by atoms with Crippen LogP contribution in [0.3, 0.4) is 0 Å². The minimum Gasteiger partial charge on any atom is -0.545 e. The van der Waals surface area contributed by atoms with Gasteiger partial charge < -0.3 is 9.90 Å². The van der Waals surface area contributed by atoms with E-state index in [1.807, 2.05) is 0 Å². The molecule has 1 aromatic heterocycles. The number of non-ortho nitro benzene ring substituents is 1. The van der Waals surface area contributed by atoms with Crippen molar-refractivity contribution in [3.8, 4) is 5.69 Å². The monoisotopic (exact) mass is 351 g/mol. The number of carbonyl (C=O) groups is 1. The third-order valence-corrected chi connectivity index (χ3v) is 2.95. The average Bonchev–Trinajstić information content (AvgIpc) is 2.38. The Morgan fingerprint density at radius 3 is 2.23 bits per heavy atom. The molecule has 0 aliphatic heterocycles. The van der Waals surface area contributed by atoms with Crippen LogP contribution in [0.4, 0.5) is 5.69 Å². The molecule has 0 amide bonds. The number of benzene rings is 1. The van der Waals surface area contributed by atoms with E-state index in [2.05, 4.69) is 4.98 Å². The van der Waals surface area contributed by atoms with Crippen LogP contribution in [-0.2, 0) is 17.1 Å². The number of nitro benzene ring substituents is 1. The van der Waals surface area contributed by atoms with Gasteiger partial charge >= 0.3 is 0 Å². The van der Waals surface area contributed by atoms with Gasteiger partial charge in [0.25, 0.3) is 11.2 Å². The largest absolute Gasteiger partial charge is 0.545 e. The molecule has 2 aromatic rings. The van der Waals surface area contributed by atoms with Crippen molar-refractivity contribution in [1.29, 1.82) is 0 Å². The predicted molar refractivity (Wildman–Crippen MR) is 70.3 cm³/mol. The van der Waals surface area contributed by atoms with E-state index in [1.165, 1.54) is 38.1 Å². The fraction of sp³-hybridized carbons (Fsp3) is 0.154. The number of nitrogens with zero attached hydrogens (tertiary/aromatic N) is 3. The van der Waals surface area contributed by atoms with Crippen LogP contribution in [0, 0.1) is 24.0 Å². The molecule has 1 radical (unpaired) electrons. The molecule has 0 saturated heterocycles. The molecule has 8 nitrogen and oxygen atoms in total. The Kier molecular flexibility index (Phi) is 5.19. The zero-order valence-electron chi connectivity index (χ0n) is 11.5. The van der Waals surface area contributed by atoms with E-state index in [9.17, 15) is 24.8 Å². The van der Waals surface area contributed by atoms with E-state index in [-0.39, 0.29) is 40.0 Å². The second-order valence-corrected chi connectivity index (χ2v) is 4.32. The molecule has 0 aliphatic rings. The van der Waals surface area contributed by atoms with Gasteiger partial charge in [0.2, 0.25) is 0 Å². The summed E-state index contributed by atoms with van der Waals surface area (Å²) in [7, 11) is 0. The molecule has 22 heavy (non-hydrogen) atoms. The molecule has 0 atom stereocenters. The van der Waals surface area contributed by atoms with Crippen LogP contribution in [-0.4, -0.2) is 20.4 Å². The molecule has 1 heterocycles. The summed E-state index contributed by atoms with van der Waals surface area (Å²) >= 11 is 0. The minimum absolute atomic E-state index is 0. The van der Waals surface area contributed by atoms with Gasteiger partial charge in [-0.25, -0.2) is 4.98 Å². The first-order valence-electron chi connectivity index (χ1n) is 5.89. The molecular weight excluding hydrogens is 342 g/mol. The number of hydrogen-bond acceptors (Lipinski definition) is 6. The summed E-state index contributed by atoms with van der Waals surface area (Å²) in [6.45, 7) is 2.94. The standard InChI is InChI=1S/C13H11N3O5.Cu/c1-7-11(13(18)19)12(17)15(8(2)14-7)9-3-5-10(6-4-9)16(20)21;/h3-6H,1-2H3,(H,18,19);/p-1. The van der Waals surface area contributed by atoms with Crippen molar-refractivity contribution in [2.24, 2.45) is 0 Å². The molecular formula is C13H10CuN3O5-. The van der Waals surface area contributed by atoms with Crippen molar-refractivity contribution >= 4 is 11.7 Å². The second-order valence-electron chi connectivity index (χ2n) is 4.32. The first-order chi connectivity index (χ1) is 9.82. The number of aromatic nitrogens is 2. The van der Waals surface area contributed by atoms with Crippen molar-refractivity contribution in [1.82, 2.24) is 9.55 Å². The van der Waals surface area contributed by atoms with E-state index in [0.717, 1.165) is 4.57 Å². The molecule has 0 N–H and O–H groups in total. The van der Waals surface area contributed by atoms with Crippen molar-refractivity contribution in [3.63, 3.8) is 0 Å². The van der Waals surface area contributed by atoms with Crippen LogP contribution in [0.2, 0.25) is 0 Å². The summed E-state index contributed by atoms with van der Waals surface area (Å²) in [6.07, 6.45) is 0. The van der Waals surface area contributed by atoms with Gasteiger partial charge in [0, 0.05) is 29.2 Å². The molecule has 2 rings (SSSR count). The van der Waals surface area contributed by atoms with Crippen molar-refractivity contribution in [3.05, 3.63) is 61.8 Å². The zero-order valence-corrected chi connectivity index (χ0v) is 12.4. The van der Waals surface area contributed by atoms with Gasteiger partial charge in [-0.1, -0.05) is 0 Å². The van der Waals surface area contributed by atoms with E-state index in [1.54, 1.807) is 0 Å². The number of hydrogen-bond donors (Lipinski definition) is 0. The van der Waals surface area contributed by atoms with Gasteiger partial charge in [-0.2, -0.15) is 0 Å². The summed E-state index contributed by atoms with van der Waals surface area (Å²) in [4.78, 5) is 37.3. The number of aryl methyl sites for hydroxylation is 2. The Morgan fingerprint density at radius 1 is 1.23 bits per heavy atom. The molecule has 0 fully saturated rings. The molecule has 0 unspecified atom stereocenters. The van der Waals surface area contributed by atoms with Crippen LogP contribution in [0.15, 0.2) is 29.1 Å². The number of carboxylic acid groups (broad SMARTS) is 1. The normalized spacial score (nSPS) is 9.91. The Balaban J connectivity index is 0.00000242. The average molecular weight is 352 g/mol. The predicted octanol–water partition coefficient (Wildman–Crippen LogP) is 0.119. The minimum atomic E-state index is -1.61. The van der Waals surface area contributed by atoms with E-state index >= 15 is 0 Å². The molecule has 9 heteroatoms. The molecule has 0 spiro atoms. The van der Waals surface area contributed by atoms with E-state index < -0.39 is 22.0 Å². The van der Waals surface area contributed by atoms with Gasteiger partial charge in [0.05, 0.1) is 27.8 Å². The second kappa shape index (κ2) is 6.50. The van der Waals surface area contributed by atoms with Gasteiger partial charge in [0.1, 0.15) is 5.82 Å². The molecule has 119 valence electrons. The van der Waals surface area contributed by atoms with Gasteiger partial charge in [-0.05, 0) is 26.0 Å².